The Morgan fingerprint density at radius 1 is 1.32 bits per heavy atom. The van der Waals surface area contributed by atoms with Crippen molar-refractivity contribution in [2.45, 2.75) is 13.1 Å². The van der Waals surface area contributed by atoms with Gasteiger partial charge in [0.1, 0.15) is 11.3 Å². The maximum Gasteiger partial charge on any atom is 0.446 e. The van der Waals surface area contributed by atoms with Gasteiger partial charge in [0.2, 0.25) is 5.83 Å². The van der Waals surface area contributed by atoms with Crippen LogP contribution in [0.25, 0.3) is 11.5 Å². The van der Waals surface area contributed by atoms with Crippen molar-refractivity contribution in [2.24, 2.45) is 0 Å². The summed E-state index contributed by atoms with van der Waals surface area (Å²) in [5.41, 5.74) is -1.69. The molecule has 0 bridgehead atoms. The van der Waals surface area contributed by atoms with Gasteiger partial charge in [-0.2, -0.15) is 17.6 Å². The first-order chi connectivity index (χ1) is 10.3. The number of hydrogen-bond donors (Lipinski definition) is 0. The number of halogens is 5. The molecular formula is C13H9F5N2O2. The van der Waals surface area contributed by atoms with Crippen LogP contribution in [0.3, 0.4) is 0 Å². The SMILES string of the molecule is CCOC(=O)c1c(/C(F)=C(\F)C(F)(F)F)nc2ccccn12. The van der Waals surface area contributed by atoms with Crippen LogP contribution in [0.4, 0.5) is 22.0 Å². The molecule has 0 unspecified atom stereocenters. The van der Waals surface area contributed by atoms with E-state index in [-0.39, 0.29) is 12.3 Å². The van der Waals surface area contributed by atoms with E-state index < -0.39 is 35.2 Å². The number of allylic oxidation sites excluding steroid dienone is 1. The number of pyridine rings is 1. The molecule has 0 fully saturated rings. The van der Waals surface area contributed by atoms with Gasteiger partial charge in [0.25, 0.3) is 0 Å². The van der Waals surface area contributed by atoms with E-state index in [1.807, 2.05) is 0 Å². The standard InChI is InChI=1S/C13H9F5N2O2/c1-2-22-12(21)10-9(8(14)11(15)13(16,17)18)19-7-5-3-4-6-20(7)10/h3-6H,2H2,1H3/b11-8+. The Labute approximate surface area is 120 Å². The third-order valence-corrected chi connectivity index (χ3v) is 2.65. The summed E-state index contributed by atoms with van der Waals surface area (Å²) in [6.07, 6.45) is -4.25. The summed E-state index contributed by atoms with van der Waals surface area (Å²) < 4.78 is 69.5. The molecule has 4 nitrogen and oxygen atoms in total. The van der Waals surface area contributed by atoms with Gasteiger partial charge in [0.05, 0.1) is 6.61 Å². The fraction of sp³-hybridized carbons (Fsp3) is 0.231. The van der Waals surface area contributed by atoms with Crippen LogP contribution in [0, 0.1) is 0 Å². The molecule has 0 N–H and O–H groups in total. The van der Waals surface area contributed by atoms with Gasteiger partial charge in [-0.25, -0.2) is 14.2 Å². The summed E-state index contributed by atoms with van der Waals surface area (Å²) in [4.78, 5) is 15.4. The highest BCUT2D eigenvalue weighted by Gasteiger charge is 2.40. The van der Waals surface area contributed by atoms with E-state index in [0.29, 0.717) is 0 Å². The third kappa shape index (κ3) is 2.78. The zero-order valence-corrected chi connectivity index (χ0v) is 11.1. The third-order valence-electron chi connectivity index (χ3n) is 2.65. The number of ether oxygens (including phenoxy) is 1. The first-order valence-electron chi connectivity index (χ1n) is 6.04. The van der Waals surface area contributed by atoms with Crippen molar-refractivity contribution in [1.29, 1.82) is 0 Å². The van der Waals surface area contributed by atoms with E-state index in [9.17, 15) is 26.7 Å². The molecule has 0 saturated carbocycles. The number of imidazole rings is 1. The summed E-state index contributed by atoms with van der Waals surface area (Å²) >= 11 is 0. The van der Waals surface area contributed by atoms with Crippen LogP contribution in [0.15, 0.2) is 30.2 Å². The van der Waals surface area contributed by atoms with E-state index in [2.05, 4.69) is 9.72 Å². The van der Waals surface area contributed by atoms with Crippen LogP contribution >= 0.6 is 0 Å². The summed E-state index contributed by atoms with van der Waals surface area (Å²) in [5.74, 6) is -6.33. The van der Waals surface area contributed by atoms with Crippen molar-refractivity contribution >= 4 is 17.4 Å². The quantitative estimate of drug-likeness (QED) is 0.640. The molecule has 0 saturated heterocycles. The lowest BCUT2D eigenvalue weighted by molar-refractivity contribution is -0.108. The lowest BCUT2D eigenvalue weighted by atomic mass is 10.2. The highest BCUT2D eigenvalue weighted by molar-refractivity contribution is 5.93. The minimum Gasteiger partial charge on any atom is -0.461 e. The average molecular weight is 320 g/mol. The van der Waals surface area contributed by atoms with Gasteiger partial charge < -0.3 is 4.74 Å². The van der Waals surface area contributed by atoms with Crippen molar-refractivity contribution in [1.82, 2.24) is 9.38 Å². The topological polar surface area (TPSA) is 43.6 Å². The molecule has 2 heterocycles. The van der Waals surface area contributed by atoms with Crippen LogP contribution in [-0.2, 0) is 4.74 Å². The van der Waals surface area contributed by atoms with Crippen LogP contribution < -0.4 is 0 Å². The smallest absolute Gasteiger partial charge is 0.446 e. The largest absolute Gasteiger partial charge is 0.461 e. The Kier molecular flexibility index (Phi) is 4.16. The molecule has 0 aliphatic rings. The summed E-state index contributed by atoms with van der Waals surface area (Å²) in [6.45, 7) is 1.37. The van der Waals surface area contributed by atoms with Crippen molar-refractivity contribution < 1.29 is 31.5 Å². The second-order valence-corrected chi connectivity index (χ2v) is 4.08. The molecule has 0 spiro atoms. The highest BCUT2D eigenvalue weighted by Crippen LogP contribution is 2.35. The average Bonchev–Trinajstić information content (AvgIpc) is 2.84. The first kappa shape index (κ1) is 15.9. The van der Waals surface area contributed by atoms with E-state index in [0.717, 1.165) is 4.40 Å². The van der Waals surface area contributed by atoms with Crippen LogP contribution in [0.1, 0.15) is 23.1 Å². The Morgan fingerprint density at radius 2 is 2.00 bits per heavy atom. The number of alkyl halides is 3. The maximum atomic E-state index is 13.8. The normalized spacial score (nSPS) is 13.2. The zero-order valence-electron chi connectivity index (χ0n) is 11.1. The molecule has 0 atom stereocenters. The van der Waals surface area contributed by atoms with Gasteiger partial charge in [-0.1, -0.05) is 6.07 Å². The number of hydrogen-bond acceptors (Lipinski definition) is 3. The predicted octanol–water partition coefficient (Wildman–Crippen LogP) is 3.68. The lowest BCUT2D eigenvalue weighted by Gasteiger charge is -2.06. The zero-order chi connectivity index (χ0) is 16.5. The monoisotopic (exact) mass is 320 g/mol. The molecule has 22 heavy (non-hydrogen) atoms. The fourth-order valence-corrected chi connectivity index (χ4v) is 1.77. The Morgan fingerprint density at radius 3 is 2.59 bits per heavy atom. The molecule has 2 aromatic heterocycles. The molecule has 0 radical (unpaired) electrons. The van der Waals surface area contributed by atoms with Crippen LogP contribution in [-0.4, -0.2) is 28.1 Å². The minimum absolute atomic E-state index is 0.0225. The van der Waals surface area contributed by atoms with Crippen molar-refractivity contribution in [3.05, 3.63) is 41.6 Å². The Hall–Kier alpha value is -2.45. The summed E-state index contributed by atoms with van der Waals surface area (Å²) in [5, 5.41) is 0. The van der Waals surface area contributed by atoms with Gasteiger partial charge in [-0.15, -0.1) is 0 Å². The van der Waals surface area contributed by atoms with Gasteiger partial charge >= 0.3 is 12.1 Å². The van der Waals surface area contributed by atoms with E-state index in [1.165, 1.54) is 31.3 Å². The summed E-state index contributed by atoms with van der Waals surface area (Å²) in [7, 11) is 0. The molecule has 2 aromatic rings. The second-order valence-electron chi connectivity index (χ2n) is 4.08. The van der Waals surface area contributed by atoms with Crippen molar-refractivity contribution in [3.63, 3.8) is 0 Å². The highest BCUT2D eigenvalue weighted by atomic mass is 19.4. The van der Waals surface area contributed by atoms with Crippen molar-refractivity contribution in [2.75, 3.05) is 6.61 Å². The number of aromatic nitrogens is 2. The Bertz CT molecular complexity index is 748. The first-order valence-corrected chi connectivity index (χ1v) is 6.04. The second kappa shape index (κ2) is 5.74. The van der Waals surface area contributed by atoms with Gasteiger partial charge in [0.15, 0.2) is 11.5 Å². The van der Waals surface area contributed by atoms with Crippen LogP contribution in [0.5, 0.6) is 0 Å². The van der Waals surface area contributed by atoms with E-state index >= 15 is 0 Å². The lowest BCUT2D eigenvalue weighted by Crippen LogP contribution is -2.13. The minimum atomic E-state index is -5.52. The van der Waals surface area contributed by atoms with Crippen LogP contribution in [0.2, 0.25) is 0 Å². The van der Waals surface area contributed by atoms with Gasteiger partial charge in [0, 0.05) is 6.20 Å². The van der Waals surface area contributed by atoms with Crippen molar-refractivity contribution in [3.8, 4) is 0 Å². The number of carbonyl (C=O) groups is 1. The molecule has 0 aliphatic heterocycles. The number of fused-ring (bicyclic) bond motifs is 1. The molecular weight excluding hydrogens is 311 g/mol. The number of carbonyl (C=O) groups excluding carboxylic acids is 1. The van der Waals surface area contributed by atoms with Gasteiger partial charge in [-0.05, 0) is 19.1 Å². The number of esters is 1. The number of rotatable bonds is 3. The fourth-order valence-electron chi connectivity index (χ4n) is 1.77. The molecule has 0 aromatic carbocycles. The number of nitrogens with zero attached hydrogens (tertiary/aromatic N) is 2. The Balaban J connectivity index is 2.73. The molecule has 9 heteroatoms. The predicted molar refractivity (Wildman–Crippen MR) is 66.3 cm³/mol. The van der Waals surface area contributed by atoms with E-state index in [1.54, 1.807) is 0 Å². The molecule has 0 amide bonds. The molecule has 2 rings (SSSR count). The van der Waals surface area contributed by atoms with Gasteiger partial charge in [-0.3, -0.25) is 4.40 Å². The van der Waals surface area contributed by atoms with E-state index in [4.69, 9.17) is 0 Å². The summed E-state index contributed by atoms with van der Waals surface area (Å²) in [6, 6.07) is 4.25. The maximum absolute atomic E-state index is 13.8. The molecule has 0 aliphatic carbocycles. The molecule has 118 valence electrons.